The lowest BCUT2D eigenvalue weighted by molar-refractivity contribution is 0.431. The van der Waals surface area contributed by atoms with Gasteiger partial charge in [-0.25, -0.2) is 13.1 Å². The molecule has 1 aromatic rings. The first-order valence-electron chi connectivity index (χ1n) is 7.30. The van der Waals surface area contributed by atoms with E-state index in [0.717, 1.165) is 11.5 Å². The van der Waals surface area contributed by atoms with E-state index >= 15 is 0 Å². The molecule has 1 aromatic carbocycles. The van der Waals surface area contributed by atoms with Crippen LogP contribution in [-0.2, 0) is 16.6 Å². The third-order valence-corrected chi connectivity index (χ3v) is 6.08. The van der Waals surface area contributed by atoms with Gasteiger partial charge in [-0.3, -0.25) is 0 Å². The number of nitrogens with one attached hydrogen (secondary N) is 2. The van der Waals surface area contributed by atoms with Crippen LogP contribution < -0.4 is 10.0 Å². The van der Waals surface area contributed by atoms with Crippen LogP contribution >= 0.6 is 0 Å². The summed E-state index contributed by atoms with van der Waals surface area (Å²) in [5, 5.41) is 3.02. The van der Waals surface area contributed by atoms with E-state index in [-0.39, 0.29) is 5.41 Å². The lowest BCUT2D eigenvalue weighted by atomic mass is 10.0. The highest BCUT2D eigenvalue weighted by Crippen LogP contribution is 2.60. The Morgan fingerprint density at radius 3 is 2.55 bits per heavy atom. The summed E-state index contributed by atoms with van der Waals surface area (Å²) in [5.41, 5.74) is 1.10. The van der Waals surface area contributed by atoms with Crippen molar-refractivity contribution >= 4 is 10.0 Å². The van der Waals surface area contributed by atoms with Crippen LogP contribution in [0.2, 0.25) is 0 Å². The maximum atomic E-state index is 12.5. The number of benzene rings is 1. The average Bonchev–Trinajstić information content (AvgIpc) is 3.29. The molecule has 0 amide bonds. The molecule has 2 aliphatic carbocycles. The Labute approximate surface area is 121 Å². The Morgan fingerprint density at radius 2 is 1.95 bits per heavy atom. The molecule has 4 nitrogen and oxygen atoms in total. The van der Waals surface area contributed by atoms with E-state index in [1.165, 1.54) is 25.7 Å². The monoisotopic (exact) mass is 294 g/mol. The smallest absolute Gasteiger partial charge is 0.240 e. The fourth-order valence-corrected chi connectivity index (χ4v) is 4.38. The summed E-state index contributed by atoms with van der Waals surface area (Å²) in [4.78, 5) is 0.404. The molecule has 0 bridgehead atoms. The Kier molecular flexibility index (Phi) is 3.60. The zero-order chi connectivity index (χ0) is 14.2. The molecule has 2 aliphatic rings. The van der Waals surface area contributed by atoms with E-state index in [4.69, 9.17) is 0 Å². The summed E-state index contributed by atoms with van der Waals surface area (Å²) < 4.78 is 27.9. The number of hydrogen-bond donors (Lipinski definition) is 2. The van der Waals surface area contributed by atoms with Crippen LogP contribution in [-0.4, -0.2) is 22.0 Å². The predicted molar refractivity (Wildman–Crippen MR) is 78.8 cm³/mol. The maximum Gasteiger partial charge on any atom is 0.240 e. The van der Waals surface area contributed by atoms with E-state index in [2.05, 4.69) is 10.0 Å². The Hall–Kier alpha value is -0.910. The molecule has 2 saturated carbocycles. The van der Waals surface area contributed by atoms with Gasteiger partial charge in [-0.2, -0.15) is 0 Å². The highest BCUT2D eigenvalue weighted by molar-refractivity contribution is 7.89. The standard InChI is InChI=1S/C15H22N2O2S/c1-16-10-12-4-2-3-5-14(12)20(18,19)17-11-15(8-9-15)13-6-7-13/h2-5,13,16-17H,6-11H2,1H3. The van der Waals surface area contributed by atoms with Gasteiger partial charge in [0.2, 0.25) is 10.0 Å². The van der Waals surface area contributed by atoms with E-state index in [0.29, 0.717) is 18.0 Å². The zero-order valence-electron chi connectivity index (χ0n) is 11.9. The molecule has 2 N–H and O–H groups in total. The molecule has 0 atom stereocenters. The summed E-state index contributed by atoms with van der Waals surface area (Å²) in [6, 6.07) is 7.20. The highest BCUT2D eigenvalue weighted by Gasteiger charge is 2.53. The minimum atomic E-state index is -3.40. The van der Waals surface area contributed by atoms with Crippen LogP contribution in [0, 0.1) is 11.3 Å². The van der Waals surface area contributed by atoms with Crippen molar-refractivity contribution in [1.82, 2.24) is 10.0 Å². The van der Waals surface area contributed by atoms with Crippen molar-refractivity contribution < 1.29 is 8.42 Å². The van der Waals surface area contributed by atoms with Crippen LogP contribution in [0.4, 0.5) is 0 Å². The number of sulfonamides is 1. The summed E-state index contributed by atoms with van der Waals surface area (Å²) in [7, 11) is -1.58. The minimum Gasteiger partial charge on any atom is -0.316 e. The van der Waals surface area contributed by atoms with Gasteiger partial charge < -0.3 is 5.32 Å². The van der Waals surface area contributed by atoms with Gasteiger partial charge >= 0.3 is 0 Å². The number of rotatable bonds is 7. The van der Waals surface area contributed by atoms with Gasteiger partial charge in [0.1, 0.15) is 0 Å². The average molecular weight is 294 g/mol. The minimum absolute atomic E-state index is 0.283. The van der Waals surface area contributed by atoms with Crippen molar-refractivity contribution in [3.63, 3.8) is 0 Å². The van der Waals surface area contributed by atoms with Crippen molar-refractivity contribution in [2.45, 2.75) is 37.1 Å². The molecular weight excluding hydrogens is 272 g/mol. The largest absolute Gasteiger partial charge is 0.316 e. The topological polar surface area (TPSA) is 58.2 Å². The molecule has 0 radical (unpaired) electrons. The highest BCUT2D eigenvalue weighted by atomic mass is 32.2. The van der Waals surface area contributed by atoms with Crippen LogP contribution in [0.15, 0.2) is 29.2 Å². The first-order chi connectivity index (χ1) is 9.57. The SMILES string of the molecule is CNCc1ccccc1S(=O)(=O)NCC1(C2CC2)CC1. The van der Waals surface area contributed by atoms with E-state index in [9.17, 15) is 8.42 Å². The first-order valence-corrected chi connectivity index (χ1v) is 8.78. The number of hydrogen-bond acceptors (Lipinski definition) is 3. The van der Waals surface area contributed by atoms with Crippen molar-refractivity contribution in [2.24, 2.45) is 11.3 Å². The second-order valence-corrected chi connectivity index (χ2v) is 7.83. The normalized spacial score (nSPS) is 20.9. The molecule has 0 aliphatic heterocycles. The molecule has 0 spiro atoms. The Balaban J connectivity index is 1.74. The molecule has 5 heteroatoms. The predicted octanol–water partition coefficient (Wildman–Crippen LogP) is 1.87. The van der Waals surface area contributed by atoms with Crippen LogP contribution in [0.5, 0.6) is 0 Å². The van der Waals surface area contributed by atoms with Gasteiger partial charge in [-0.1, -0.05) is 18.2 Å². The van der Waals surface area contributed by atoms with Gasteiger partial charge in [0.15, 0.2) is 0 Å². The molecule has 110 valence electrons. The van der Waals surface area contributed by atoms with Crippen LogP contribution in [0.3, 0.4) is 0 Å². The molecule has 20 heavy (non-hydrogen) atoms. The van der Waals surface area contributed by atoms with Crippen molar-refractivity contribution in [3.05, 3.63) is 29.8 Å². The second-order valence-electron chi connectivity index (χ2n) is 6.10. The van der Waals surface area contributed by atoms with Gasteiger partial charge in [-0.15, -0.1) is 0 Å². The third-order valence-electron chi connectivity index (χ3n) is 4.58. The molecule has 0 unspecified atom stereocenters. The fraction of sp³-hybridized carbons (Fsp3) is 0.600. The van der Waals surface area contributed by atoms with Crippen molar-refractivity contribution in [2.75, 3.05) is 13.6 Å². The fourth-order valence-electron chi connectivity index (χ4n) is 3.00. The van der Waals surface area contributed by atoms with E-state index in [1.807, 2.05) is 19.2 Å². The van der Waals surface area contributed by atoms with Gasteiger partial charge in [0, 0.05) is 13.1 Å². The zero-order valence-corrected chi connectivity index (χ0v) is 12.7. The quantitative estimate of drug-likeness (QED) is 0.807. The summed E-state index contributed by atoms with van der Waals surface area (Å²) >= 11 is 0. The molecule has 0 saturated heterocycles. The molecule has 3 rings (SSSR count). The summed E-state index contributed by atoms with van der Waals surface area (Å²) in [6.45, 7) is 1.17. The van der Waals surface area contributed by atoms with Crippen molar-refractivity contribution in [1.29, 1.82) is 0 Å². The van der Waals surface area contributed by atoms with Crippen LogP contribution in [0.25, 0.3) is 0 Å². The summed E-state index contributed by atoms with van der Waals surface area (Å²) in [5.74, 6) is 0.762. The molecular formula is C15H22N2O2S. The maximum absolute atomic E-state index is 12.5. The lowest BCUT2D eigenvalue weighted by Crippen LogP contribution is -2.32. The summed E-state index contributed by atoms with van der Waals surface area (Å²) in [6.07, 6.45) is 4.91. The molecule has 2 fully saturated rings. The van der Waals surface area contributed by atoms with Gasteiger partial charge in [0.25, 0.3) is 0 Å². The van der Waals surface area contributed by atoms with Crippen molar-refractivity contribution in [3.8, 4) is 0 Å². The molecule has 0 heterocycles. The third kappa shape index (κ3) is 2.75. The Morgan fingerprint density at radius 1 is 1.25 bits per heavy atom. The van der Waals surface area contributed by atoms with E-state index < -0.39 is 10.0 Å². The lowest BCUT2D eigenvalue weighted by Gasteiger charge is -2.16. The van der Waals surface area contributed by atoms with Crippen LogP contribution in [0.1, 0.15) is 31.2 Å². The van der Waals surface area contributed by atoms with E-state index in [1.54, 1.807) is 12.1 Å². The first kappa shape index (κ1) is 14.0. The van der Waals surface area contributed by atoms with Gasteiger partial charge in [-0.05, 0) is 55.7 Å². The molecule has 0 aromatic heterocycles. The second kappa shape index (κ2) is 5.13. The Bertz CT molecular complexity index is 590. The van der Waals surface area contributed by atoms with Gasteiger partial charge in [0.05, 0.1) is 4.90 Å².